The molecule has 2 nitrogen and oxygen atoms in total. The Morgan fingerprint density at radius 2 is 1.75 bits per heavy atom. The Morgan fingerprint density at radius 3 is 2.38 bits per heavy atom. The van der Waals surface area contributed by atoms with Crippen LogP contribution in [0.3, 0.4) is 0 Å². The number of para-hydroxylation sites is 1. The zero-order chi connectivity index (χ0) is 11.4. The average Bonchev–Trinajstić information content (AvgIpc) is 2.30. The van der Waals surface area contributed by atoms with Crippen LogP contribution in [0.4, 0.5) is 14.5 Å². The van der Waals surface area contributed by atoms with Crippen LogP contribution in [0.25, 0.3) is 0 Å². The molecule has 4 heteroatoms. The minimum Gasteiger partial charge on any atom is -0.375 e. The molecule has 0 radical (unpaired) electrons. The van der Waals surface area contributed by atoms with Gasteiger partial charge in [0.05, 0.1) is 12.2 Å². The summed E-state index contributed by atoms with van der Waals surface area (Å²) in [5.74, 6) is -1.20. The van der Waals surface area contributed by atoms with Gasteiger partial charge in [0.1, 0.15) is 17.3 Å². The number of anilines is 1. The number of aromatic nitrogens is 1. The molecule has 0 aliphatic rings. The molecule has 2 rings (SSSR count). The zero-order valence-corrected chi connectivity index (χ0v) is 8.45. The molecule has 0 aliphatic carbocycles. The maximum Gasteiger partial charge on any atom is 0.149 e. The van der Waals surface area contributed by atoms with Crippen molar-refractivity contribution in [2.24, 2.45) is 0 Å². The second kappa shape index (κ2) is 4.70. The van der Waals surface area contributed by atoms with Crippen molar-refractivity contribution in [3.63, 3.8) is 0 Å². The second-order valence-electron chi connectivity index (χ2n) is 3.27. The fourth-order valence-corrected chi connectivity index (χ4v) is 1.35. The van der Waals surface area contributed by atoms with Gasteiger partial charge in [-0.1, -0.05) is 12.1 Å². The Bertz CT molecular complexity index is 451. The molecule has 1 heterocycles. The molecule has 1 N–H and O–H groups in total. The molecule has 0 saturated heterocycles. The highest BCUT2D eigenvalue weighted by molar-refractivity contribution is 5.46. The SMILES string of the molecule is Fc1cccc(F)c1NCc1ccccn1. The van der Waals surface area contributed by atoms with Gasteiger partial charge in [0.2, 0.25) is 0 Å². The zero-order valence-electron chi connectivity index (χ0n) is 8.45. The summed E-state index contributed by atoms with van der Waals surface area (Å²) in [5, 5.41) is 2.68. The van der Waals surface area contributed by atoms with Crippen LogP contribution in [-0.4, -0.2) is 4.98 Å². The molecule has 0 fully saturated rings. The Balaban J connectivity index is 2.11. The van der Waals surface area contributed by atoms with E-state index in [9.17, 15) is 8.78 Å². The van der Waals surface area contributed by atoms with E-state index in [1.165, 1.54) is 18.2 Å². The Morgan fingerprint density at radius 1 is 1.00 bits per heavy atom. The van der Waals surface area contributed by atoms with E-state index in [0.717, 1.165) is 5.69 Å². The third-order valence-electron chi connectivity index (χ3n) is 2.14. The fraction of sp³-hybridized carbons (Fsp3) is 0.0833. The molecule has 0 saturated carbocycles. The second-order valence-corrected chi connectivity index (χ2v) is 3.27. The number of hydrogen-bond donors (Lipinski definition) is 1. The van der Waals surface area contributed by atoms with Crippen LogP contribution >= 0.6 is 0 Å². The number of hydrogen-bond acceptors (Lipinski definition) is 2. The number of benzene rings is 1. The van der Waals surface area contributed by atoms with E-state index >= 15 is 0 Å². The third-order valence-corrected chi connectivity index (χ3v) is 2.14. The maximum absolute atomic E-state index is 13.2. The van der Waals surface area contributed by atoms with E-state index in [2.05, 4.69) is 10.3 Å². The first kappa shape index (κ1) is 10.5. The standard InChI is InChI=1S/C12H10F2N2/c13-10-5-3-6-11(14)12(10)16-8-9-4-1-2-7-15-9/h1-7,16H,8H2. The van der Waals surface area contributed by atoms with Crippen LogP contribution < -0.4 is 5.32 Å². The molecular formula is C12H10F2N2. The molecule has 0 atom stereocenters. The quantitative estimate of drug-likeness (QED) is 0.860. The van der Waals surface area contributed by atoms with E-state index in [4.69, 9.17) is 0 Å². The lowest BCUT2D eigenvalue weighted by Crippen LogP contribution is -2.04. The Kier molecular flexibility index (Phi) is 3.10. The molecule has 2 aromatic rings. The van der Waals surface area contributed by atoms with Crippen molar-refractivity contribution < 1.29 is 8.78 Å². The predicted octanol–water partition coefficient (Wildman–Crippen LogP) is 2.97. The van der Waals surface area contributed by atoms with Crippen molar-refractivity contribution in [2.75, 3.05) is 5.32 Å². The van der Waals surface area contributed by atoms with Crippen molar-refractivity contribution in [3.05, 3.63) is 59.9 Å². The summed E-state index contributed by atoms with van der Waals surface area (Å²) in [6.45, 7) is 0.290. The van der Waals surface area contributed by atoms with Gasteiger partial charge < -0.3 is 5.32 Å². The van der Waals surface area contributed by atoms with Gasteiger partial charge in [-0.15, -0.1) is 0 Å². The van der Waals surface area contributed by atoms with Gasteiger partial charge in [-0.2, -0.15) is 0 Å². The van der Waals surface area contributed by atoms with Crippen LogP contribution in [-0.2, 0) is 6.54 Å². The van der Waals surface area contributed by atoms with E-state index < -0.39 is 11.6 Å². The van der Waals surface area contributed by atoms with Crippen molar-refractivity contribution in [1.82, 2.24) is 4.98 Å². The summed E-state index contributed by atoms with van der Waals surface area (Å²) in [6, 6.07) is 9.14. The lowest BCUT2D eigenvalue weighted by Gasteiger charge is -2.07. The number of pyridine rings is 1. The number of nitrogens with one attached hydrogen (secondary N) is 1. The number of halogens is 2. The first-order valence-corrected chi connectivity index (χ1v) is 4.85. The molecule has 1 aromatic heterocycles. The van der Waals surface area contributed by atoms with Gasteiger partial charge in [0.15, 0.2) is 0 Å². The summed E-state index contributed by atoms with van der Waals surface area (Å²) < 4.78 is 26.5. The maximum atomic E-state index is 13.2. The normalized spacial score (nSPS) is 10.1. The highest BCUT2D eigenvalue weighted by atomic mass is 19.1. The summed E-state index contributed by atoms with van der Waals surface area (Å²) in [4.78, 5) is 4.05. The molecule has 0 bridgehead atoms. The van der Waals surface area contributed by atoms with E-state index in [0.29, 0.717) is 6.54 Å². The summed E-state index contributed by atoms with van der Waals surface area (Å²) >= 11 is 0. The monoisotopic (exact) mass is 220 g/mol. The minimum absolute atomic E-state index is 0.117. The van der Waals surface area contributed by atoms with Crippen LogP contribution in [0.2, 0.25) is 0 Å². The smallest absolute Gasteiger partial charge is 0.149 e. The fourth-order valence-electron chi connectivity index (χ4n) is 1.35. The lowest BCUT2D eigenvalue weighted by molar-refractivity contribution is 0.588. The summed E-state index contributed by atoms with van der Waals surface area (Å²) in [7, 11) is 0. The largest absolute Gasteiger partial charge is 0.375 e. The molecule has 82 valence electrons. The Hall–Kier alpha value is -1.97. The first-order chi connectivity index (χ1) is 7.77. The van der Waals surface area contributed by atoms with E-state index in [1.807, 2.05) is 6.07 Å². The van der Waals surface area contributed by atoms with Crippen molar-refractivity contribution >= 4 is 5.69 Å². The van der Waals surface area contributed by atoms with Crippen LogP contribution in [0, 0.1) is 11.6 Å². The van der Waals surface area contributed by atoms with Crippen molar-refractivity contribution in [1.29, 1.82) is 0 Å². The topological polar surface area (TPSA) is 24.9 Å². The van der Waals surface area contributed by atoms with Crippen molar-refractivity contribution in [3.8, 4) is 0 Å². The highest BCUT2D eigenvalue weighted by Crippen LogP contribution is 2.18. The first-order valence-electron chi connectivity index (χ1n) is 4.85. The van der Waals surface area contributed by atoms with Crippen LogP contribution in [0.15, 0.2) is 42.6 Å². The van der Waals surface area contributed by atoms with Gasteiger partial charge in [-0.05, 0) is 24.3 Å². The molecule has 1 aromatic carbocycles. The van der Waals surface area contributed by atoms with Gasteiger partial charge in [0.25, 0.3) is 0 Å². The van der Waals surface area contributed by atoms with Crippen LogP contribution in [0.1, 0.15) is 5.69 Å². The highest BCUT2D eigenvalue weighted by Gasteiger charge is 2.07. The number of rotatable bonds is 3. The molecule has 0 unspecified atom stereocenters. The lowest BCUT2D eigenvalue weighted by atomic mass is 10.2. The van der Waals surface area contributed by atoms with E-state index in [-0.39, 0.29) is 5.69 Å². The number of nitrogens with zero attached hydrogens (tertiary/aromatic N) is 1. The van der Waals surface area contributed by atoms with Gasteiger partial charge in [0, 0.05) is 6.20 Å². The Labute approximate surface area is 92.0 Å². The molecule has 0 spiro atoms. The molecular weight excluding hydrogens is 210 g/mol. The van der Waals surface area contributed by atoms with Gasteiger partial charge in [-0.25, -0.2) is 8.78 Å². The van der Waals surface area contributed by atoms with Crippen molar-refractivity contribution in [2.45, 2.75) is 6.54 Å². The summed E-state index contributed by atoms with van der Waals surface area (Å²) in [5.41, 5.74) is 0.610. The minimum atomic E-state index is -0.601. The molecule has 16 heavy (non-hydrogen) atoms. The van der Waals surface area contributed by atoms with Gasteiger partial charge >= 0.3 is 0 Å². The average molecular weight is 220 g/mol. The molecule has 0 amide bonds. The molecule has 0 aliphatic heterocycles. The predicted molar refractivity (Wildman–Crippen MR) is 57.9 cm³/mol. The summed E-state index contributed by atoms with van der Waals surface area (Å²) in [6.07, 6.45) is 1.63. The van der Waals surface area contributed by atoms with Gasteiger partial charge in [-0.3, -0.25) is 4.98 Å². The third kappa shape index (κ3) is 2.34. The van der Waals surface area contributed by atoms with Crippen LogP contribution in [0.5, 0.6) is 0 Å². The van der Waals surface area contributed by atoms with E-state index in [1.54, 1.807) is 18.3 Å².